The van der Waals surface area contributed by atoms with Crippen molar-refractivity contribution in [2.24, 2.45) is 7.05 Å². The van der Waals surface area contributed by atoms with Crippen molar-refractivity contribution in [3.63, 3.8) is 0 Å². The van der Waals surface area contributed by atoms with Gasteiger partial charge in [-0.25, -0.2) is 9.97 Å². The van der Waals surface area contributed by atoms with Crippen LogP contribution in [0.25, 0.3) is 11.0 Å². The molecule has 0 unspecified atom stereocenters. The van der Waals surface area contributed by atoms with Crippen LogP contribution in [0.3, 0.4) is 0 Å². The van der Waals surface area contributed by atoms with E-state index in [0.717, 1.165) is 39.8 Å². The highest BCUT2D eigenvalue weighted by Gasteiger charge is 2.13. The minimum Gasteiger partial charge on any atom is -0.372 e. The van der Waals surface area contributed by atoms with Crippen molar-refractivity contribution in [3.05, 3.63) is 47.2 Å². The van der Waals surface area contributed by atoms with Crippen LogP contribution < -0.4 is 5.32 Å². The minimum absolute atomic E-state index is 0.662. The van der Waals surface area contributed by atoms with Crippen molar-refractivity contribution >= 4 is 16.9 Å². The van der Waals surface area contributed by atoms with Gasteiger partial charge < -0.3 is 9.88 Å². The summed E-state index contributed by atoms with van der Waals surface area (Å²) in [7, 11) is 3.91. The third-order valence-corrected chi connectivity index (χ3v) is 3.82. The predicted molar refractivity (Wildman–Crippen MR) is 84.6 cm³/mol. The van der Waals surface area contributed by atoms with Gasteiger partial charge in [0.15, 0.2) is 0 Å². The highest BCUT2D eigenvalue weighted by atomic mass is 15.1. The lowest BCUT2D eigenvalue weighted by molar-refractivity contribution is 0.823. The summed E-state index contributed by atoms with van der Waals surface area (Å²) in [6, 6.07) is 8.15. The maximum Gasteiger partial charge on any atom is 0.148 e. The molecule has 2 aromatic heterocycles. The lowest BCUT2D eigenvalue weighted by atomic mass is 10.2. The summed E-state index contributed by atoms with van der Waals surface area (Å²) in [5.74, 6) is 1.82. The van der Waals surface area contributed by atoms with Gasteiger partial charge in [0.2, 0.25) is 0 Å². The van der Waals surface area contributed by atoms with E-state index in [1.807, 2.05) is 46.1 Å². The van der Waals surface area contributed by atoms with Crippen molar-refractivity contribution < 1.29 is 0 Å². The number of fused-ring (bicyclic) bond motifs is 1. The molecule has 0 saturated carbocycles. The molecule has 0 aliphatic rings. The van der Waals surface area contributed by atoms with E-state index >= 15 is 0 Å². The zero-order valence-corrected chi connectivity index (χ0v) is 12.8. The van der Waals surface area contributed by atoms with E-state index in [0.29, 0.717) is 6.42 Å². The largest absolute Gasteiger partial charge is 0.372 e. The quantitative estimate of drug-likeness (QED) is 0.802. The van der Waals surface area contributed by atoms with Gasteiger partial charge in [-0.2, -0.15) is 0 Å². The lowest BCUT2D eigenvalue weighted by Gasteiger charge is -2.10. The van der Waals surface area contributed by atoms with E-state index in [9.17, 15) is 0 Å². The monoisotopic (exact) mass is 281 g/mol. The van der Waals surface area contributed by atoms with Crippen LogP contribution in [0.15, 0.2) is 24.3 Å². The number of hydrogen-bond acceptors (Lipinski definition) is 4. The molecule has 0 aliphatic heterocycles. The number of aryl methyl sites for hydroxylation is 3. The molecule has 1 N–H and O–H groups in total. The van der Waals surface area contributed by atoms with Crippen LogP contribution in [0, 0.1) is 13.8 Å². The van der Waals surface area contributed by atoms with Gasteiger partial charge >= 0.3 is 0 Å². The van der Waals surface area contributed by atoms with Crippen molar-refractivity contribution in [1.29, 1.82) is 0 Å². The first-order valence-corrected chi connectivity index (χ1v) is 7.02. The minimum atomic E-state index is 0.662. The smallest absolute Gasteiger partial charge is 0.148 e. The number of rotatable bonds is 3. The molecule has 0 amide bonds. The number of anilines is 1. The Hall–Kier alpha value is -2.43. The number of hydrogen-bond donors (Lipinski definition) is 1. The molecule has 3 aromatic rings. The van der Waals surface area contributed by atoms with Crippen LogP contribution in [0.2, 0.25) is 0 Å². The van der Waals surface area contributed by atoms with Crippen LogP contribution in [-0.2, 0) is 13.5 Å². The normalized spacial score (nSPS) is 11.0. The molecule has 2 heterocycles. The number of nitrogens with zero attached hydrogens (tertiary/aromatic N) is 4. The Balaban J connectivity index is 2.06. The zero-order valence-electron chi connectivity index (χ0n) is 12.8. The van der Waals surface area contributed by atoms with Gasteiger partial charge in [0.05, 0.1) is 34.5 Å². The third kappa shape index (κ3) is 2.35. The second-order valence-electron chi connectivity index (χ2n) is 5.19. The van der Waals surface area contributed by atoms with Crippen LogP contribution in [-0.4, -0.2) is 26.6 Å². The van der Waals surface area contributed by atoms with E-state index < -0.39 is 0 Å². The number of aromatic nitrogens is 4. The second-order valence-corrected chi connectivity index (χ2v) is 5.19. The maximum atomic E-state index is 4.70. The van der Waals surface area contributed by atoms with Crippen LogP contribution >= 0.6 is 0 Å². The fraction of sp³-hybridized carbons (Fsp3) is 0.312. The van der Waals surface area contributed by atoms with Crippen LogP contribution in [0.1, 0.15) is 22.9 Å². The number of imidazole rings is 1. The molecule has 0 saturated heterocycles. The first-order chi connectivity index (χ1) is 10.1. The summed E-state index contributed by atoms with van der Waals surface area (Å²) in [6.45, 7) is 3.96. The van der Waals surface area contributed by atoms with Gasteiger partial charge in [0.1, 0.15) is 11.6 Å². The van der Waals surface area contributed by atoms with Gasteiger partial charge in [-0.3, -0.25) is 4.98 Å². The molecule has 5 heteroatoms. The zero-order chi connectivity index (χ0) is 15.0. The summed E-state index contributed by atoms with van der Waals surface area (Å²) in [6.07, 6.45) is 0.662. The summed E-state index contributed by atoms with van der Waals surface area (Å²) in [5.41, 5.74) is 4.99. The molecule has 0 atom stereocenters. The van der Waals surface area contributed by atoms with Crippen molar-refractivity contribution in [3.8, 4) is 0 Å². The third-order valence-electron chi connectivity index (χ3n) is 3.82. The Bertz CT molecular complexity index is 804. The Kier molecular flexibility index (Phi) is 3.33. The average molecular weight is 281 g/mol. The molecule has 0 aliphatic carbocycles. The first kappa shape index (κ1) is 13.5. The van der Waals surface area contributed by atoms with Crippen LogP contribution in [0.5, 0.6) is 0 Å². The SMILES string of the molecule is CNc1nc(C)c(C)nc1Cc1nc2ccccc2n1C. The Morgan fingerprint density at radius 1 is 1.05 bits per heavy atom. The number of nitrogens with one attached hydrogen (secondary N) is 1. The molecule has 5 nitrogen and oxygen atoms in total. The highest BCUT2D eigenvalue weighted by molar-refractivity contribution is 5.75. The molecule has 108 valence electrons. The lowest BCUT2D eigenvalue weighted by Crippen LogP contribution is -2.08. The molecular formula is C16H19N5. The van der Waals surface area contributed by atoms with E-state index in [1.165, 1.54) is 0 Å². The molecule has 3 rings (SSSR count). The molecule has 0 bridgehead atoms. The van der Waals surface area contributed by atoms with Gasteiger partial charge in [-0.1, -0.05) is 12.1 Å². The first-order valence-electron chi connectivity index (χ1n) is 7.02. The predicted octanol–water partition coefficient (Wildman–Crippen LogP) is 2.61. The number of benzene rings is 1. The van der Waals surface area contributed by atoms with Gasteiger partial charge in [-0.05, 0) is 26.0 Å². The van der Waals surface area contributed by atoms with Crippen molar-refractivity contribution in [2.45, 2.75) is 20.3 Å². The van der Waals surface area contributed by atoms with E-state index in [2.05, 4.69) is 25.9 Å². The fourth-order valence-corrected chi connectivity index (χ4v) is 2.48. The Labute approximate surface area is 124 Å². The van der Waals surface area contributed by atoms with Crippen molar-refractivity contribution in [2.75, 3.05) is 12.4 Å². The average Bonchev–Trinajstić information content (AvgIpc) is 2.80. The topological polar surface area (TPSA) is 55.6 Å². The summed E-state index contributed by atoms with van der Waals surface area (Å²) in [4.78, 5) is 13.9. The maximum absolute atomic E-state index is 4.70. The summed E-state index contributed by atoms with van der Waals surface area (Å²) >= 11 is 0. The van der Waals surface area contributed by atoms with Gasteiger partial charge in [0.25, 0.3) is 0 Å². The molecule has 0 radical (unpaired) electrons. The molecule has 0 fully saturated rings. The van der Waals surface area contributed by atoms with Crippen molar-refractivity contribution in [1.82, 2.24) is 19.5 Å². The highest BCUT2D eigenvalue weighted by Crippen LogP contribution is 2.20. The Morgan fingerprint density at radius 2 is 1.76 bits per heavy atom. The summed E-state index contributed by atoms with van der Waals surface area (Å²) in [5, 5.41) is 3.13. The fourth-order valence-electron chi connectivity index (χ4n) is 2.48. The van der Waals surface area contributed by atoms with Gasteiger partial charge in [-0.15, -0.1) is 0 Å². The molecule has 1 aromatic carbocycles. The Morgan fingerprint density at radius 3 is 2.48 bits per heavy atom. The second kappa shape index (κ2) is 5.16. The van der Waals surface area contributed by atoms with Gasteiger partial charge in [0, 0.05) is 14.1 Å². The molecule has 21 heavy (non-hydrogen) atoms. The van der Waals surface area contributed by atoms with E-state index in [-0.39, 0.29) is 0 Å². The van der Waals surface area contributed by atoms with E-state index in [1.54, 1.807) is 0 Å². The number of para-hydroxylation sites is 2. The van der Waals surface area contributed by atoms with Crippen LogP contribution in [0.4, 0.5) is 5.82 Å². The summed E-state index contributed by atoms with van der Waals surface area (Å²) < 4.78 is 2.12. The standard InChI is InChI=1S/C16H19N5/c1-10-11(2)19-16(17-3)13(18-10)9-15-20-12-7-5-6-8-14(12)21(15)4/h5-8H,9H2,1-4H3,(H,17,19). The molecular weight excluding hydrogens is 262 g/mol. The molecule has 0 spiro atoms. The van der Waals surface area contributed by atoms with E-state index in [4.69, 9.17) is 4.98 Å².